The van der Waals surface area contributed by atoms with E-state index in [1.54, 1.807) is 0 Å². The lowest BCUT2D eigenvalue weighted by molar-refractivity contribution is -0.883. The molecule has 15 heavy (non-hydrogen) atoms. The number of rotatable bonds is 5. The number of carbonyl (C=O) groups is 1. The quantitative estimate of drug-likeness (QED) is 0.520. The number of hydrogen-bond acceptors (Lipinski definition) is 2. The van der Waals surface area contributed by atoms with Crippen LogP contribution in [0.3, 0.4) is 0 Å². The molecular weight excluding hydrogens is 190 g/mol. The zero-order valence-electron chi connectivity index (χ0n) is 11.1. The van der Waals surface area contributed by atoms with E-state index in [1.165, 1.54) is 0 Å². The first-order valence-electron chi connectivity index (χ1n) is 5.70. The smallest absolute Gasteiger partial charge is 0.362 e. The van der Waals surface area contributed by atoms with E-state index in [9.17, 15) is 4.79 Å². The molecule has 0 aromatic rings. The normalized spacial score (nSPS) is 12.7. The van der Waals surface area contributed by atoms with Crippen LogP contribution in [0.25, 0.3) is 0 Å². The average Bonchev–Trinajstić information content (AvgIpc) is 1.95. The standard InChI is InChI=1S/C12H26NO2/c1-7-8-9-13(5,6)10-11(14)15-12(2,3)4/h7-10H2,1-6H3/q+1. The summed E-state index contributed by atoms with van der Waals surface area (Å²) in [6, 6.07) is 0. The van der Waals surface area contributed by atoms with Gasteiger partial charge < -0.3 is 9.22 Å². The minimum atomic E-state index is -0.373. The van der Waals surface area contributed by atoms with Gasteiger partial charge in [0.05, 0.1) is 20.6 Å². The Morgan fingerprint density at radius 1 is 1.27 bits per heavy atom. The van der Waals surface area contributed by atoms with E-state index < -0.39 is 0 Å². The molecule has 0 aliphatic heterocycles. The molecule has 0 spiro atoms. The lowest BCUT2D eigenvalue weighted by atomic mass is 10.2. The van der Waals surface area contributed by atoms with Gasteiger partial charge in [-0.2, -0.15) is 0 Å². The zero-order chi connectivity index (χ0) is 12.1. The molecule has 0 atom stereocenters. The van der Waals surface area contributed by atoms with Gasteiger partial charge in [0.2, 0.25) is 0 Å². The molecule has 3 heteroatoms. The van der Waals surface area contributed by atoms with Crippen LogP contribution in [-0.4, -0.2) is 43.2 Å². The van der Waals surface area contributed by atoms with Crippen LogP contribution in [0.5, 0.6) is 0 Å². The van der Waals surface area contributed by atoms with Crippen molar-refractivity contribution in [2.75, 3.05) is 27.2 Å². The van der Waals surface area contributed by atoms with Crippen LogP contribution in [0, 0.1) is 0 Å². The number of carbonyl (C=O) groups excluding carboxylic acids is 1. The maximum atomic E-state index is 11.6. The molecule has 0 aliphatic rings. The van der Waals surface area contributed by atoms with Crippen molar-refractivity contribution < 1.29 is 14.0 Å². The Morgan fingerprint density at radius 3 is 2.20 bits per heavy atom. The number of unbranched alkanes of at least 4 members (excludes halogenated alkanes) is 1. The van der Waals surface area contributed by atoms with Crippen LogP contribution in [0.15, 0.2) is 0 Å². The lowest BCUT2D eigenvalue weighted by Crippen LogP contribution is -2.46. The van der Waals surface area contributed by atoms with E-state index >= 15 is 0 Å². The molecule has 0 aromatic carbocycles. The van der Waals surface area contributed by atoms with E-state index in [1.807, 2.05) is 20.8 Å². The van der Waals surface area contributed by atoms with Gasteiger partial charge in [0.1, 0.15) is 5.60 Å². The number of hydrogen-bond donors (Lipinski definition) is 0. The summed E-state index contributed by atoms with van der Waals surface area (Å²) in [6.45, 7) is 9.34. The molecule has 0 aliphatic carbocycles. The Morgan fingerprint density at radius 2 is 1.80 bits per heavy atom. The van der Waals surface area contributed by atoms with Crippen LogP contribution in [0.1, 0.15) is 40.5 Å². The molecule has 0 radical (unpaired) electrons. The average molecular weight is 216 g/mol. The minimum absolute atomic E-state index is 0.108. The van der Waals surface area contributed by atoms with Crippen molar-refractivity contribution >= 4 is 5.97 Å². The Bertz CT molecular complexity index is 204. The van der Waals surface area contributed by atoms with Crippen LogP contribution in [-0.2, 0) is 9.53 Å². The van der Waals surface area contributed by atoms with E-state index in [0.717, 1.165) is 19.4 Å². The Labute approximate surface area is 94.0 Å². The number of ether oxygens (including phenoxy) is 1. The number of esters is 1. The zero-order valence-corrected chi connectivity index (χ0v) is 11.1. The van der Waals surface area contributed by atoms with Gasteiger partial charge in [-0.15, -0.1) is 0 Å². The molecule has 0 fully saturated rings. The fourth-order valence-corrected chi connectivity index (χ4v) is 1.39. The third-order valence-corrected chi connectivity index (χ3v) is 2.09. The van der Waals surface area contributed by atoms with E-state index in [2.05, 4.69) is 21.0 Å². The van der Waals surface area contributed by atoms with E-state index in [4.69, 9.17) is 4.74 Å². The molecule has 0 saturated heterocycles. The SMILES string of the molecule is CCCC[N+](C)(C)CC(=O)OC(C)(C)C. The van der Waals surface area contributed by atoms with Crippen molar-refractivity contribution in [2.24, 2.45) is 0 Å². The summed E-state index contributed by atoms with van der Waals surface area (Å²) in [5.74, 6) is -0.108. The fourth-order valence-electron chi connectivity index (χ4n) is 1.39. The number of nitrogens with zero attached hydrogens (tertiary/aromatic N) is 1. The van der Waals surface area contributed by atoms with Crippen LogP contribution < -0.4 is 0 Å². The number of likely N-dealkylation sites (N-methyl/N-ethyl adjacent to an activating group) is 1. The monoisotopic (exact) mass is 216 g/mol. The maximum Gasteiger partial charge on any atom is 0.362 e. The van der Waals surface area contributed by atoms with Gasteiger partial charge in [0, 0.05) is 0 Å². The molecular formula is C12H26NO2+. The topological polar surface area (TPSA) is 26.3 Å². The highest BCUT2D eigenvalue weighted by Gasteiger charge is 2.24. The molecule has 0 bridgehead atoms. The van der Waals surface area contributed by atoms with Gasteiger partial charge in [0.25, 0.3) is 0 Å². The molecule has 0 saturated carbocycles. The molecule has 90 valence electrons. The summed E-state index contributed by atoms with van der Waals surface area (Å²) in [5, 5.41) is 0. The molecule has 0 unspecified atom stereocenters. The summed E-state index contributed by atoms with van der Waals surface area (Å²) in [7, 11) is 4.14. The summed E-state index contributed by atoms with van der Waals surface area (Å²) in [6.07, 6.45) is 2.31. The van der Waals surface area contributed by atoms with Gasteiger partial charge in [-0.3, -0.25) is 0 Å². The molecule has 0 amide bonds. The second-order valence-corrected chi connectivity index (χ2v) is 5.76. The third kappa shape index (κ3) is 8.43. The predicted molar refractivity (Wildman–Crippen MR) is 62.6 cm³/mol. The lowest BCUT2D eigenvalue weighted by Gasteiger charge is -2.30. The minimum Gasteiger partial charge on any atom is -0.456 e. The molecule has 0 aromatic heterocycles. The first-order valence-corrected chi connectivity index (χ1v) is 5.70. The maximum absolute atomic E-state index is 11.6. The first-order chi connectivity index (χ1) is 6.66. The van der Waals surface area contributed by atoms with Crippen molar-refractivity contribution in [1.82, 2.24) is 0 Å². The highest BCUT2D eigenvalue weighted by molar-refractivity contribution is 5.71. The largest absolute Gasteiger partial charge is 0.456 e. The highest BCUT2D eigenvalue weighted by atomic mass is 16.6. The Hall–Kier alpha value is -0.570. The molecule has 0 heterocycles. The van der Waals surface area contributed by atoms with Gasteiger partial charge >= 0.3 is 5.97 Å². The molecule has 0 N–H and O–H groups in total. The second-order valence-electron chi connectivity index (χ2n) is 5.76. The molecule has 3 nitrogen and oxygen atoms in total. The van der Waals surface area contributed by atoms with Crippen LogP contribution >= 0.6 is 0 Å². The summed E-state index contributed by atoms with van der Waals surface area (Å²) in [5.41, 5.74) is -0.373. The predicted octanol–water partition coefficient (Wildman–Crippen LogP) is 2.20. The second kappa shape index (κ2) is 5.50. The highest BCUT2D eigenvalue weighted by Crippen LogP contribution is 2.09. The van der Waals surface area contributed by atoms with Gasteiger partial charge in [0.15, 0.2) is 6.54 Å². The summed E-state index contributed by atoms with van der Waals surface area (Å²) < 4.78 is 6.01. The Balaban J connectivity index is 4.04. The summed E-state index contributed by atoms with van der Waals surface area (Å²) in [4.78, 5) is 11.6. The van der Waals surface area contributed by atoms with Crippen molar-refractivity contribution in [2.45, 2.75) is 46.1 Å². The van der Waals surface area contributed by atoms with E-state index in [0.29, 0.717) is 11.0 Å². The Kier molecular flexibility index (Phi) is 5.29. The van der Waals surface area contributed by atoms with Gasteiger partial charge in [-0.05, 0) is 27.2 Å². The van der Waals surface area contributed by atoms with Gasteiger partial charge in [-0.25, -0.2) is 4.79 Å². The first kappa shape index (κ1) is 14.4. The third-order valence-electron chi connectivity index (χ3n) is 2.09. The summed E-state index contributed by atoms with van der Waals surface area (Å²) >= 11 is 0. The van der Waals surface area contributed by atoms with Crippen molar-refractivity contribution in [3.63, 3.8) is 0 Å². The van der Waals surface area contributed by atoms with Crippen molar-refractivity contribution in [3.8, 4) is 0 Å². The van der Waals surface area contributed by atoms with E-state index in [-0.39, 0.29) is 11.6 Å². The van der Waals surface area contributed by atoms with Gasteiger partial charge in [-0.1, -0.05) is 13.3 Å². The number of quaternary nitrogens is 1. The van der Waals surface area contributed by atoms with Crippen LogP contribution in [0.4, 0.5) is 0 Å². The van der Waals surface area contributed by atoms with Crippen LogP contribution in [0.2, 0.25) is 0 Å². The fraction of sp³-hybridized carbons (Fsp3) is 0.917. The van der Waals surface area contributed by atoms with Crippen molar-refractivity contribution in [3.05, 3.63) is 0 Å². The molecule has 0 rings (SSSR count). The van der Waals surface area contributed by atoms with Crippen molar-refractivity contribution in [1.29, 1.82) is 0 Å².